The normalized spacial score (nSPS) is 30.8. The van der Waals surface area contributed by atoms with E-state index in [-0.39, 0.29) is 0 Å². The van der Waals surface area contributed by atoms with E-state index in [4.69, 9.17) is 0 Å². The molecule has 2 aliphatic heterocycles. The van der Waals surface area contributed by atoms with Crippen molar-refractivity contribution in [1.82, 2.24) is 14.9 Å². The molecular weight excluding hydrogens is 218 g/mol. The summed E-state index contributed by atoms with van der Waals surface area (Å²) in [4.78, 5) is 4.37. The molecule has 4 heteroatoms. The second kappa shape index (κ2) is 4.80. The molecule has 0 amide bonds. The zero-order valence-electron chi connectivity index (χ0n) is 9.56. The van der Waals surface area contributed by atoms with Gasteiger partial charge in [0.05, 0.1) is 6.33 Å². The summed E-state index contributed by atoms with van der Waals surface area (Å²) in [7, 11) is 0. The Balaban J connectivity index is 1.80. The van der Waals surface area contributed by atoms with Gasteiger partial charge in [-0.1, -0.05) is 0 Å². The Morgan fingerprint density at radius 3 is 3.19 bits per heavy atom. The quantitative estimate of drug-likeness (QED) is 0.853. The highest BCUT2D eigenvalue weighted by Gasteiger charge is 2.24. The molecule has 88 valence electrons. The van der Waals surface area contributed by atoms with Gasteiger partial charge in [-0.3, -0.25) is 0 Å². The minimum absolute atomic E-state index is 0.682. The first-order chi connectivity index (χ1) is 7.95. The summed E-state index contributed by atoms with van der Waals surface area (Å²) in [6.45, 7) is 2.31. The fraction of sp³-hybridized carbons (Fsp3) is 0.750. The van der Waals surface area contributed by atoms with E-state index in [1.165, 1.54) is 43.0 Å². The highest BCUT2D eigenvalue weighted by molar-refractivity contribution is 7.99. The molecule has 2 aliphatic rings. The molecule has 1 N–H and O–H groups in total. The van der Waals surface area contributed by atoms with Crippen LogP contribution in [0.25, 0.3) is 0 Å². The second-order valence-corrected chi connectivity index (χ2v) is 5.94. The van der Waals surface area contributed by atoms with Crippen LogP contribution in [0.1, 0.15) is 36.9 Å². The number of imidazole rings is 1. The van der Waals surface area contributed by atoms with Crippen LogP contribution < -0.4 is 5.32 Å². The average Bonchev–Trinajstić information content (AvgIpc) is 3.01. The van der Waals surface area contributed by atoms with E-state index in [0.717, 1.165) is 6.54 Å². The Labute approximate surface area is 101 Å². The fourth-order valence-corrected chi connectivity index (χ4v) is 3.99. The maximum absolute atomic E-state index is 4.37. The molecule has 0 bridgehead atoms. The van der Waals surface area contributed by atoms with E-state index in [0.29, 0.717) is 12.0 Å². The minimum atomic E-state index is 0.682. The summed E-state index contributed by atoms with van der Waals surface area (Å²) in [6.07, 6.45) is 8.06. The van der Waals surface area contributed by atoms with E-state index in [2.05, 4.69) is 32.8 Å². The van der Waals surface area contributed by atoms with Gasteiger partial charge in [0.1, 0.15) is 0 Å². The Morgan fingerprint density at radius 1 is 1.44 bits per heavy atom. The molecule has 2 fully saturated rings. The van der Waals surface area contributed by atoms with Crippen LogP contribution in [0, 0.1) is 0 Å². The largest absolute Gasteiger partial charge is 0.330 e. The number of aromatic nitrogens is 2. The smallest absolute Gasteiger partial charge is 0.0951 e. The van der Waals surface area contributed by atoms with Gasteiger partial charge in [-0.05, 0) is 31.6 Å². The van der Waals surface area contributed by atoms with E-state index in [1.54, 1.807) is 0 Å². The maximum Gasteiger partial charge on any atom is 0.0951 e. The maximum atomic E-state index is 4.37. The summed E-state index contributed by atoms with van der Waals surface area (Å²) in [5, 5.41) is 3.49. The molecule has 0 saturated carbocycles. The van der Waals surface area contributed by atoms with Crippen LogP contribution in [0.15, 0.2) is 12.5 Å². The molecule has 0 radical (unpaired) electrons. The first-order valence-corrected chi connectivity index (χ1v) is 7.41. The van der Waals surface area contributed by atoms with E-state index < -0.39 is 0 Å². The molecule has 1 aromatic heterocycles. The Morgan fingerprint density at radius 2 is 2.44 bits per heavy atom. The number of hydrogen-bond donors (Lipinski definition) is 1. The molecule has 0 aliphatic carbocycles. The third kappa shape index (κ3) is 2.00. The lowest BCUT2D eigenvalue weighted by Crippen LogP contribution is -2.30. The van der Waals surface area contributed by atoms with Gasteiger partial charge in [-0.25, -0.2) is 4.98 Å². The fourth-order valence-electron chi connectivity index (χ4n) is 2.78. The van der Waals surface area contributed by atoms with Crippen LogP contribution in [-0.4, -0.2) is 34.1 Å². The molecule has 2 saturated heterocycles. The summed E-state index contributed by atoms with van der Waals surface area (Å²) < 4.78 is 2.44. The second-order valence-electron chi connectivity index (χ2n) is 4.79. The Hall–Kier alpha value is -0.480. The zero-order chi connectivity index (χ0) is 10.8. The van der Waals surface area contributed by atoms with Gasteiger partial charge >= 0.3 is 0 Å². The van der Waals surface area contributed by atoms with Crippen LogP contribution in [0.2, 0.25) is 0 Å². The summed E-state index contributed by atoms with van der Waals surface area (Å²) in [6, 6.07) is 0.699. The molecule has 0 spiro atoms. The van der Waals surface area contributed by atoms with Crippen molar-refractivity contribution in [2.45, 2.75) is 31.2 Å². The van der Waals surface area contributed by atoms with E-state index in [1.807, 2.05) is 6.33 Å². The molecule has 3 rings (SSSR count). The molecule has 1 aromatic rings. The van der Waals surface area contributed by atoms with Crippen LogP contribution >= 0.6 is 11.8 Å². The van der Waals surface area contributed by atoms with Gasteiger partial charge in [0.2, 0.25) is 0 Å². The predicted molar refractivity (Wildman–Crippen MR) is 68.1 cm³/mol. The molecular formula is C12H19N3S. The van der Waals surface area contributed by atoms with Crippen molar-refractivity contribution in [3.05, 3.63) is 18.2 Å². The van der Waals surface area contributed by atoms with Crippen LogP contribution in [-0.2, 0) is 0 Å². The van der Waals surface area contributed by atoms with Crippen molar-refractivity contribution < 1.29 is 0 Å². The van der Waals surface area contributed by atoms with Crippen molar-refractivity contribution in [2.75, 3.05) is 24.6 Å². The molecule has 16 heavy (non-hydrogen) atoms. The van der Waals surface area contributed by atoms with Crippen molar-refractivity contribution in [1.29, 1.82) is 0 Å². The van der Waals surface area contributed by atoms with Gasteiger partial charge in [0.15, 0.2) is 0 Å². The van der Waals surface area contributed by atoms with E-state index in [9.17, 15) is 0 Å². The Kier molecular flexibility index (Phi) is 3.20. The third-order valence-electron chi connectivity index (χ3n) is 3.71. The Bertz CT molecular complexity index is 338. The van der Waals surface area contributed by atoms with Gasteiger partial charge in [-0.15, -0.1) is 0 Å². The zero-order valence-corrected chi connectivity index (χ0v) is 10.4. The number of piperidine rings is 1. The SMILES string of the molecule is c1ncn(C2CCSC2)c1C1CCCNC1. The van der Waals surface area contributed by atoms with Crippen LogP contribution in [0.5, 0.6) is 0 Å². The lowest BCUT2D eigenvalue weighted by atomic mass is 9.96. The van der Waals surface area contributed by atoms with Crippen molar-refractivity contribution in [2.24, 2.45) is 0 Å². The predicted octanol–water partition coefficient (Wildman–Crippen LogP) is 2.03. The molecule has 0 aromatic carbocycles. The van der Waals surface area contributed by atoms with Crippen LogP contribution in [0.3, 0.4) is 0 Å². The van der Waals surface area contributed by atoms with Crippen LogP contribution in [0.4, 0.5) is 0 Å². The monoisotopic (exact) mass is 237 g/mol. The first kappa shape index (κ1) is 10.7. The third-order valence-corrected chi connectivity index (χ3v) is 4.86. The average molecular weight is 237 g/mol. The summed E-state index contributed by atoms with van der Waals surface area (Å²) >= 11 is 2.07. The summed E-state index contributed by atoms with van der Waals surface area (Å²) in [5.41, 5.74) is 1.46. The highest BCUT2D eigenvalue weighted by Crippen LogP contribution is 2.32. The van der Waals surface area contributed by atoms with E-state index >= 15 is 0 Å². The molecule has 2 unspecified atom stereocenters. The standard InChI is InChI=1S/C12H19N3S/c1-2-10(6-13-4-1)12-7-14-9-15(12)11-3-5-16-8-11/h7,9-11,13H,1-6,8H2. The lowest BCUT2D eigenvalue weighted by molar-refractivity contribution is 0.426. The van der Waals surface area contributed by atoms with Gasteiger partial charge in [-0.2, -0.15) is 11.8 Å². The molecule has 3 heterocycles. The molecule has 2 atom stereocenters. The molecule has 3 nitrogen and oxygen atoms in total. The van der Waals surface area contributed by atoms with Crippen molar-refractivity contribution in [3.63, 3.8) is 0 Å². The van der Waals surface area contributed by atoms with Gasteiger partial charge in [0, 0.05) is 36.1 Å². The van der Waals surface area contributed by atoms with Crippen molar-refractivity contribution in [3.8, 4) is 0 Å². The number of nitrogens with zero attached hydrogens (tertiary/aromatic N) is 2. The highest BCUT2D eigenvalue weighted by atomic mass is 32.2. The lowest BCUT2D eigenvalue weighted by Gasteiger charge is -2.25. The summed E-state index contributed by atoms with van der Waals surface area (Å²) in [5.74, 6) is 3.26. The number of nitrogens with one attached hydrogen (secondary N) is 1. The van der Waals surface area contributed by atoms with Crippen molar-refractivity contribution >= 4 is 11.8 Å². The number of rotatable bonds is 2. The first-order valence-electron chi connectivity index (χ1n) is 6.25. The topological polar surface area (TPSA) is 29.9 Å². The van der Waals surface area contributed by atoms with Gasteiger partial charge in [0.25, 0.3) is 0 Å². The number of hydrogen-bond acceptors (Lipinski definition) is 3. The minimum Gasteiger partial charge on any atom is -0.330 e. The van der Waals surface area contributed by atoms with Gasteiger partial charge < -0.3 is 9.88 Å². The number of thioether (sulfide) groups is 1.